The fourth-order valence-electron chi connectivity index (χ4n) is 3.20. The molecule has 3 aromatic carbocycles. The first kappa shape index (κ1) is 23.1. The molecule has 0 bridgehead atoms. The SMILES string of the molecule is COCCNC(=O)Cc1cccc(N(Cc2ccc(F)cc2)C(=O)c2cccc(F)c2)c1. The number of hydrogen-bond acceptors (Lipinski definition) is 3. The van der Waals surface area contributed by atoms with E-state index in [-0.39, 0.29) is 30.3 Å². The number of hydrogen-bond donors (Lipinski definition) is 1. The van der Waals surface area contributed by atoms with Crippen LogP contribution in [0, 0.1) is 11.6 Å². The molecule has 5 nitrogen and oxygen atoms in total. The fourth-order valence-corrected chi connectivity index (χ4v) is 3.20. The highest BCUT2D eigenvalue weighted by molar-refractivity contribution is 6.06. The predicted molar refractivity (Wildman–Crippen MR) is 118 cm³/mol. The second-order valence-electron chi connectivity index (χ2n) is 7.22. The van der Waals surface area contributed by atoms with E-state index in [2.05, 4.69) is 5.32 Å². The third kappa shape index (κ3) is 6.46. The molecule has 0 spiro atoms. The van der Waals surface area contributed by atoms with E-state index in [1.165, 1.54) is 41.3 Å². The number of benzene rings is 3. The quantitative estimate of drug-likeness (QED) is 0.512. The van der Waals surface area contributed by atoms with Gasteiger partial charge < -0.3 is 15.0 Å². The summed E-state index contributed by atoms with van der Waals surface area (Å²) in [5, 5.41) is 2.76. The number of methoxy groups -OCH3 is 1. The maximum atomic E-state index is 13.7. The van der Waals surface area contributed by atoms with Crippen molar-refractivity contribution in [3.05, 3.63) is 101 Å². The van der Waals surface area contributed by atoms with Crippen LogP contribution in [-0.4, -0.2) is 32.1 Å². The lowest BCUT2D eigenvalue weighted by Gasteiger charge is -2.24. The zero-order chi connectivity index (χ0) is 22.9. The van der Waals surface area contributed by atoms with Gasteiger partial charge >= 0.3 is 0 Å². The van der Waals surface area contributed by atoms with Gasteiger partial charge in [0, 0.05) is 24.9 Å². The molecule has 0 radical (unpaired) electrons. The number of nitrogens with one attached hydrogen (secondary N) is 1. The topological polar surface area (TPSA) is 58.6 Å². The second-order valence-corrected chi connectivity index (χ2v) is 7.22. The molecule has 0 fully saturated rings. The van der Waals surface area contributed by atoms with Crippen LogP contribution in [0.4, 0.5) is 14.5 Å². The highest BCUT2D eigenvalue weighted by Gasteiger charge is 2.19. The van der Waals surface area contributed by atoms with Gasteiger partial charge in [-0.3, -0.25) is 9.59 Å². The average Bonchev–Trinajstić information content (AvgIpc) is 2.78. The summed E-state index contributed by atoms with van der Waals surface area (Å²) >= 11 is 0. The van der Waals surface area contributed by atoms with Crippen LogP contribution >= 0.6 is 0 Å². The number of carbonyl (C=O) groups is 2. The van der Waals surface area contributed by atoms with E-state index >= 15 is 0 Å². The van der Waals surface area contributed by atoms with Gasteiger partial charge in [-0.2, -0.15) is 0 Å². The summed E-state index contributed by atoms with van der Waals surface area (Å²) in [5.41, 5.74) is 2.16. The first-order valence-electron chi connectivity index (χ1n) is 10.1. The molecule has 32 heavy (non-hydrogen) atoms. The van der Waals surface area contributed by atoms with Gasteiger partial charge in [-0.05, 0) is 53.6 Å². The number of anilines is 1. The minimum Gasteiger partial charge on any atom is -0.383 e. The molecule has 3 rings (SSSR count). The third-order valence-corrected chi connectivity index (χ3v) is 4.79. The first-order chi connectivity index (χ1) is 15.5. The summed E-state index contributed by atoms with van der Waals surface area (Å²) in [6, 6.07) is 18.3. The number of ether oxygens (including phenoxy) is 1. The molecule has 0 aliphatic heterocycles. The Bertz CT molecular complexity index is 1070. The van der Waals surface area contributed by atoms with Crippen molar-refractivity contribution in [2.45, 2.75) is 13.0 Å². The molecule has 2 amide bonds. The Labute approximate surface area is 185 Å². The van der Waals surface area contributed by atoms with Gasteiger partial charge in [-0.1, -0.05) is 30.3 Å². The zero-order valence-corrected chi connectivity index (χ0v) is 17.7. The van der Waals surface area contributed by atoms with Crippen molar-refractivity contribution in [1.29, 1.82) is 0 Å². The van der Waals surface area contributed by atoms with Crippen LogP contribution in [0.2, 0.25) is 0 Å². The molecule has 0 unspecified atom stereocenters. The highest BCUT2D eigenvalue weighted by atomic mass is 19.1. The van der Waals surface area contributed by atoms with Crippen molar-refractivity contribution in [2.24, 2.45) is 0 Å². The number of nitrogens with zero attached hydrogens (tertiary/aromatic N) is 1. The molecule has 0 aliphatic carbocycles. The molecule has 1 N–H and O–H groups in total. The van der Waals surface area contributed by atoms with Crippen LogP contribution < -0.4 is 10.2 Å². The van der Waals surface area contributed by atoms with Crippen LogP contribution in [0.15, 0.2) is 72.8 Å². The van der Waals surface area contributed by atoms with E-state index in [1.54, 1.807) is 43.5 Å². The molecule has 0 aliphatic rings. The van der Waals surface area contributed by atoms with Crippen molar-refractivity contribution >= 4 is 17.5 Å². The second kappa shape index (κ2) is 11.2. The van der Waals surface area contributed by atoms with Crippen LogP contribution in [-0.2, 0) is 22.5 Å². The van der Waals surface area contributed by atoms with E-state index in [0.717, 1.165) is 0 Å². The van der Waals surface area contributed by atoms with Crippen molar-refractivity contribution in [3.63, 3.8) is 0 Å². The Morgan fingerprint density at radius 2 is 1.66 bits per heavy atom. The Kier molecular flexibility index (Phi) is 8.05. The van der Waals surface area contributed by atoms with Crippen molar-refractivity contribution in [2.75, 3.05) is 25.2 Å². The molecule has 0 saturated heterocycles. The van der Waals surface area contributed by atoms with Gasteiger partial charge in [-0.15, -0.1) is 0 Å². The average molecular weight is 438 g/mol. The summed E-state index contributed by atoms with van der Waals surface area (Å²) < 4.78 is 32.0. The van der Waals surface area contributed by atoms with Crippen LogP contribution in [0.25, 0.3) is 0 Å². The van der Waals surface area contributed by atoms with Gasteiger partial charge in [0.15, 0.2) is 0 Å². The maximum Gasteiger partial charge on any atom is 0.258 e. The van der Waals surface area contributed by atoms with Gasteiger partial charge in [0.1, 0.15) is 11.6 Å². The molecule has 0 saturated carbocycles. The lowest BCUT2D eigenvalue weighted by Crippen LogP contribution is -2.31. The standard InChI is InChI=1S/C25H24F2N2O3/c1-32-13-12-28-24(30)15-19-4-2-7-23(14-19)29(17-18-8-10-21(26)11-9-18)25(31)20-5-3-6-22(27)16-20/h2-11,14,16H,12-13,15,17H2,1H3,(H,28,30). The van der Waals surface area contributed by atoms with E-state index in [4.69, 9.17) is 4.74 Å². The Balaban J connectivity index is 1.88. The van der Waals surface area contributed by atoms with Crippen LogP contribution in [0.5, 0.6) is 0 Å². The lowest BCUT2D eigenvalue weighted by atomic mass is 10.1. The first-order valence-corrected chi connectivity index (χ1v) is 10.1. The van der Waals surface area contributed by atoms with Crippen LogP contribution in [0.1, 0.15) is 21.5 Å². The molecule has 0 aromatic heterocycles. The number of amides is 2. The van der Waals surface area contributed by atoms with E-state index < -0.39 is 11.7 Å². The minimum absolute atomic E-state index is 0.135. The van der Waals surface area contributed by atoms with Gasteiger partial charge in [0.25, 0.3) is 5.91 Å². The van der Waals surface area contributed by atoms with E-state index in [1.807, 2.05) is 0 Å². The van der Waals surface area contributed by atoms with Gasteiger partial charge in [0.2, 0.25) is 5.91 Å². The van der Waals surface area contributed by atoms with E-state index in [9.17, 15) is 18.4 Å². The van der Waals surface area contributed by atoms with Crippen molar-refractivity contribution in [3.8, 4) is 0 Å². The van der Waals surface area contributed by atoms with Crippen molar-refractivity contribution in [1.82, 2.24) is 5.32 Å². The van der Waals surface area contributed by atoms with Gasteiger partial charge in [0.05, 0.1) is 19.6 Å². The molecule has 7 heteroatoms. The number of rotatable bonds is 9. The molecule has 166 valence electrons. The molecule has 0 heterocycles. The summed E-state index contributed by atoms with van der Waals surface area (Å²) in [7, 11) is 1.56. The summed E-state index contributed by atoms with van der Waals surface area (Å²) in [5.74, 6) is -1.46. The largest absolute Gasteiger partial charge is 0.383 e. The Morgan fingerprint density at radius 3 is 2.38 bits per heavy atom. The summed E-state index contributed by atoms with van der Waals surface area (Å²) in [6.45, 7) is 0.974. The zero-order valence-electron chi connectivity index (χ0n) is 17.7. The Morgan fingerprint density at radius 1 is 0.906 bits per heavy atom. The predicted octanol–water partition coefficient (Wildman–Crippen LogP) is 4.12. The fraction of sp³-hybridized carbons (Fsp3) is 0.200. The minimum atomic E-state index is -0.515. The monoisotopic (exact) mass is 438 g/mol. The smallest absolute Gasteiger partial charge is 0.258 e. The lowest BCUT2D eigenvalue weighted by molar-refractivity contribution is -0.120. The third-order valence-electron chi connectivity index (χ3n) is 4.79. The van der Waals surface area contributed by atoms with Crippen LogP contribution in [0.3, 0.4) is 0 Å². The van der Waals surface area contributed by atoms with E-state index in [0.29, 0.717) is 30.0 Å². The van der Waals surface area contributed by atoms with Gasteiger partial charge in [-0.25, -0.2) is 8.78 Å². The summed E-state index contributed by atoms with van der Waals surface area (Å²) in [6.07, 6.45) is 0.135. The summed E-state index contributed by atoms with van der Waals surface area (Å²) in [4.78, 5) is 26.9. The molecule has 3 aromatic rings. The van der Waals surface area contributed by atoms with Crippen molar-refractivity contribution < 1.29 is 23.1 Å². The molecule has 0 atom stereocenters. The highest BCUT2D eigenvalue weighted by Crippen LogP contribution is 2.22. The molecular weight excluding hydrogens is 414 g/mol. The number of halogens is 2. The normalized spacial score (nSPS) is 10.6. The molecular formula is C25H24F2N2O3. The Hall–Kier alpha value is -3.58. The number of carbonyl (C=O) groups excluding carboxylic acids is 2. The maximum absolute atomic E-state index is 13.7.